The molecule has 0 atom stereocenters. The molecule has 0 radical (unpaired) electrons. The smallest absolute Gasteiger partial charge is 0.238 e. The molecule has 2 fully saturated rings. The molecule has 0 saturated carbocycles. The summed E-state index contributed by atoms with van der Waals surface area (Å²) in [5, 5.41) is 3.11. The molecule has 2 saturated heterocycles. The minimum atomic E-state index is 0.115. The number of carbonyl (C=O) groups is 1. The van der Waals surface area contributed by atoms with Crippen molar-refractivity contribution in [1.29, 1.82) is 0 Å². The number of para-hydroxylation sites is 1. The molecule has 2 heterocycles. The zero-order chi connectivity index (χ0) is 16.9. The molecule has 1 N–H and O–H groups in total. The zero-order valence-electron chi connectivity index (χ0n) is 15.2. The van der Waals surface area contributed by atoms with Crippen molar-refractivity contribution in [2.75, 3.05) is 38.0 Å². The largest absolute Gasteiger partial charge is 0.324 e. The van der Waals surface area contributed by atoms with Crippen LogP contribution in [0.4, 0.5) is 5.69 Å². The van der Waals surface area contributed by atoms with Crippen molar-refractivity contribution in [3.8, 4) is 0 Å². The molecular formula is C20H31N3O. The third-order valence-corrected chi connectivity index (χ3v) is 5.58. The highest BCUT2D eigenvalue weighted by atomic mass is 16.2. The van der Waals surface area contributed by atoms with Crippen LogP contribution in [0.1, 0.15) is 43.2 Å². The Morgan fingerprint density at radius 1 is 1.04 bits per heavy atom. The summed E-state index contributed by atoms with van der Waals surface area (Å²) in [6.45, 7) is 9.25. The Hall–Kier alpha value is -1.39. The van der Waals surface area contributed by atoms with Gasteiger partial charge in [0.05, 0.1) is 6.54 Å². The molecule has 2 aliphatic rings. The standard InChI is InChI=1S/C20H31N3O/c1-16-7-6-8-17(2)20(16)21-19(24)15-22-13-9-18(10-14-22)23-11-4-3-5-12-23/h6-8,18H,3-5,9-15H2,1-2H3,(H,21,24). The minimum absolute atomic E-state index is 0.115. The number of likely N-dealkylation sites (tertiary alicyclic amines) is 2. The molecule has 1 aromatic carbocycles. The van der Waals surface area contributed by atoms with Crippen molar-refractivity contribution in [3.63, 3.8) is 0 Å². The first-order chi connectivity index (χ1) is 11.6. The maximum atomic E-state index is 12.4. The number of hydrogen-bond acceptors (Lipinski definition) is 3. The quantitative estimate of drug-likeness (QED) is 0.921. The van der Waals surface area contributed by atoms with E-state index in [4.69, 9.17) is 0 Å². The van der Waals surface area contributed by atoms with Gasteiger partial charge in [-0.25, -0.2) is 0 Å². The molecule has 3 rings (SSSR count). The van der Waals surface area contributed by atoms with Gasteiger partial charge in [-0.05, 0) is 63.7 Å². The van der Waals surface area contributed by atoms with Gasteiger partial charge in [0, 0.05) is 24.8 Å². The summed E-state index contributed by atoms with van der Waals surface area (Å²) >= 11 is 0. The second-order valence-electron chi connectivity index (χ2n) is 7.42. The second kappa shape index (κ2) is 8.13. The van der Waals surface area contributed by atoms with E-state index in [2.05, 4.69) is 15.1 Å². The molecular weight excluding hydrogens is 298 g/mol. The van der Waals surface area contributed by atoms with Crippen LogP contribution < -0.4 is 5.32 Å². The average molecular weight is 329 g/mol. The summed E-state index contributed by atoms with van der Waals surface area (Å²) in [4.78, 5) is 17.4. The van der Waals surface area contributed by atoms with E-state index in [9.17, 15) is 4.79 Å². The summed E-state index contributed by atoms with van der Waals surface area (Å²) < 4.78 is 0. The Morgan fingerprint density at radius 2 is 1.67 bits per heavy atom. The van der Waals surface area contributed by atoms with Gasteiger partial charge in [0.25, 0.3) is 0 Å². The fraction of sp³-hybridized carbons (Fsp3) is 0.650. The number of hydrogen-bond donors (Lipinski definition) is 1. The van der Waals surface area contributed by atoms with Crippen LogP contribution >= 0.6 is 0 Å². The van der Waals surface area contributed by atoms with Crippen molar-refractivity contribution < 1.29 is 4.79 Å². The maximum Gasteiger partial charge on any atom is 0.238 e. The Balaban J connectivity index is 1.46. The van der Waals surface area contributed by atoms with Gasteiger partial charge in [0.1, 0.15) is 0 Å². The zero-order valence-corrected chi connectivity index (χ0v) is 15.2. The summed E-state index contributed by atoms with van der Waals surface area (Å²) in [5.41, 5.74) is 3.24. The van der Waals surface area contributed by atoms with Crippen LogP contribution in [-0.2, 0) is 4.79 Å². The molecule has 0 aromatic heterocycles. The molecule has 4 nitrogen and oxygen atoms in total. The SMILES string of the molecule is Cc1cccc(C)c1NC(=O)CN1CCC(N2CCCCC2)CC1. The summed E-state index contributed by atoms with van der Waals surface area (Å²) in [5.74, 6) is 0.115. The number of nitrogens with zero attached hydrogens (tertiary/aromatic N) is 2. The first-order valence-electron chi connectivity index (χ1n) is 9.46. The summed E-state index contributed by atoms with van der Waals surface area (Å²) in [6, 6.07) is 6.87. The van der Waals surface area contributed by atoms with Gasteiger partial charge in [-0.15, -0.1) is 0 Å². The van der Waals surface area contributed by atoms with Gasteiger partial charge >= 0.3 is 0 Å². The van der Waals surface area contributed by atoms with Crippen LogP contribution in [0.2, 0.25) is 0 Å². The molecule has 0 aliphatic carbocycles. The second-order valence-corrected chi connectivity index (χ2v) is 7.42. The first-order valence-corrected chi connectivity index (χ1v) is 9.46. The molecule has 4 heteroatoms. The lowest BCUT2D eigenvalue weighted by molar-refractivity contribution is -0.117. The van der Waals surface area contributed by atoms with E-state index in [0.717, 1.165) is 35.9 Å². The van der Waals surface area contributed by atoms with Gasteiger partial charge < -0.3 is 10.2 Å². The van der Waals surface area contributed by atoms with Crippen molar-refractivity contribution in [2.24, 2.45) is 0 Å². The molecule has 1 amide bonds. The third kappa shape index (κ3) is 4.37. The molecule has 132 valence electrons. The van der Waals surface area contributed by atoms with Crippen LogP contribution in [0.25, 0.3) is 0 Å². The highest BCUT2D eigenvalue weighted by Crippen LogP contribution is 2.22. The number of aryl methyl sites for hydroxylation is 2. The lowest BCUT2D eigenvalue weighted by Crippen LogP contribution is -2.48. The van der Waals surface area contributed by atoms with Crippen molar-refractivity contribution in [3.05, 3.63) is 29.3 Å². The number of amides is 1. The molecule has 24 heavy (non-hydrogen) atoms. The monoisotopic (exact) mass is 329 g/mol. The summed E-state index contributed by atoms with van der Waals surface area (Å²) in [7, 11) is 0. The highest BCUT2D eigenvalue weighted by molar-refractivity contribution is 5.93. The number of benzene rings is 1. The van der Waals surface area contributed by atoms with Gasteiger partial charge in [0.15, 0.2) is 0 Å². The van der Waals surface area contributed by atoms with E-state index < -0.39 is 0 Å². The van der Waals surface area contributed by atoms with E-state index in [1.165, 1.54) is 45.2 Å². The van der Waals surface area contributed by atoms with E-state index in [1.54, 1.807) is 0 Å². The Morgan fingerprint density at radius 3 is 2.29 bits per heavy atom. The van der Waals surface area contributed by atoms with Crippen molar-refractivity contribution in [2.45, 2.75) is 52.0 Å². The number of carbonyl (C=O) groups excluding carboxylic acids is 1. The number of nitrogens with one attached hydrogen (secondary N) is 1. The van der Waals surface area contributed by atoms with Gasteiger partial charge in [-0.2, -0.15) is 0 Å². The Bertz CT molecular complexity index is 538. The fourth-order valence-electron chi connectivity index (χ4n) is 4.12. The third-order valence-electron chi connectivity index (χ3n) is 5.58. The van der Waals surface area contributed by atoms with Gasteiger partial charge in [-0.1, -0.05) is 24.6 Å². The first kappa shape index (κ1) is 17.4. The summed E-state index contributed by atoms with van der Waals surface area (Å²) in [6.07, 6.45) is 6.53. The van der Waals surface area contributed by atoms with Gasteiger partial charge in [0.2, 0.25) is 5.91 Å². The number of anilines is 1. The van der Waals surface area contributed by atoms with Crippen LogP contribution in [0, 0.1) is 13.8 Å². The topological polar surface area (TPSA) is 35.6 Å². The highest BCUT2D eigenvalue weighted by Gasteiger charge is 2.26. The lowest BCUT2D eigenvalue weighted by atomic mass is 10.00. The normalized spacial score (nSPS) is 20.9. The Kier molecular flexibility index (Phi) is 5.90. The van der Waals surface area contributed by atoms with Gasteiger partial charge in [-0.3, -0.25) is 9.69 Å². The maximum absolute atomic E-state index is 12.4. The van der Waals surface area contributed by atoms with E-state index in [-0.39, 0.29) is 5.91 Å². The van der Waals surface area contributed by atoms with Crippen molar-refractivity contribution in [1.82, 2.24) is 9.80 Å². The minimum Gasteiger partial charge on any atom is -0.324 e. The van der Waals surface area contributed by atoms with E-state index in [0.29, 0.717) is 6.54 Å². The molecule has 0 spiro atoms. The Labute approximate surface area is 146 Å². The molecule has 0 bridgehead atoms. The van der Waals surface area contributed by atoms with Crippen LogP contribution in [0.15, 0.2) is 18.2 Å². The number of piperidine rings is 2. The average Bonchev–Trinajstić information content (AvgIpc) is 2.60. The molecule has 2 aliphatic heterocycles. The molecule has 0 unspecified atom stereocenters. The van der Waals surface area contributed by atoms with E-state index >= 15 is 0 Å². The predicted octanol–water partition coefficient (Wildman–Crippen LogP) is 3.19. The van der Waals surface area contributed by atoms with Crippen LogP contribution in [0.3, 0.4) is 0 Å². The molecule has 1 aromatic rings. The van der Waals surface area contributed by atoms with E-state index in [1.807, 2.05) is 32.0 Å². The number of rotatable bonds is 4. The fourth-order valence-corrected chi connectivity index (χ4v) is 4.12. The van der Waals surface area contributed by atoms with Crippen LogP contribution in [-0.4, -0.2) is 54.5 Å². The predicted molar refractivity (Wildman–Crippen MR) is 99.4 cm³/mol. The lowest BCUT2D eigenvalue weighted by Gasteiger charge is -2.40. The van der Waals surface area contributed by atoms with Crippen molar-refractivity contribution >= 4 is 11.6 Å². The van der Waals surface area contributed by atoms with Crippen LogP contribution in [0.5, 0.6) is 0 Å².